The van der Waals surface area contributed by atoms with Gasteiger partial charge in [0.2, 0.25) is 15.9 Å². The van der Waals surface area contributed by atoms with Gasteiger partial charge in [-0.1, -0.05) is 17.7 Å². The van der Waals surface area contributed by atoms with Crippen molar-refractivity contribution in [2.24, 2.45) is 5.92 Å². The number of rotatable bonds is 5. The topological polar surface area (TPSA) is 59.5 Å². The monoisotopic (exact) mass is 384 g/mol. The molecule has 1 aliphatic heterocycles. The Kier molecular flexibility index (Phi) is 5.56. The van der Waals surface area contributed by atoms with E-state index < -0.39 is 15.8 Å². The van der Waals surface area contributed by atoms with E-state index in [9.17, 15) is 12.8 Å². The van der Waals surface area contributed by atoms with Crippen molar-refractivity contribution in [2.75, 3.05) is 19.7 Å². The summed E-state index contributed by atoms with van der Waals surface area (Å²) >= 11 is 6.01. The highest BCUT2D eigenvalue weighted by Crippen LogP contribution is 2.26. The molecular weight excluding hydrogens is 367 g/mol. The normalized spacial score (nSPS) is 18.9. The maximum Gasteiger partial charge on any atom is 0.243 e. The third kappa shape index (κ3) is 4.29. The lowest BCUT2D eigenvalue weighted by atomic mass is 10.0. The van der Waals surface area contributed by atoms with Crippen LogP contribution in [0.4, 0.5) is 4.39 Å². The Balaban J connectivity index is 1.67. The lowest BCUT2D eigenvalue weighted by molar-refractivity contribution is 0.176. The minimum atomic E-state index is -3.71. The number of hydrogen-bond acceptors (Lipinski definition) is 4. The van der Waals surface area contributed by atoms with Crippen LogP contribution >= 0.6 is 11.6 Å². The number of hydrogen-bond donors (Lipinski definition) is 0. The number of ether oxygens (including phenoxy) is 1. The smallest absolute Gasteiger partial charge is 0.243 e. The molecule has 8 heteroatoms. The maximum atomic E-state index is 13.4. The fraction of sp³-hybridized carbons (Fsp3) is 0.353. The Morgan fingerprint density at radius 1 is 1.32 bits per heavy atom. The fourth-order valence-electron chi connectivity index (χ4n) is 2.83. The van der Waals surface area contributed by atoms with Gasteiger partial charge in [0.15, 0.2) is 0 Å². The van der Waals surface area contributed by atoms with Crippen molar-refractivity contribution >= 4 is 21.6 Å². The van der Waals surface area contributed by atoms with Gasteiger partial charge >= 0.3 is 0 Å². The molecule has 2 aromatic rings. The number of aromatic nitrogens is 1. The molecule has 1 aliphatic rings. The minimum Gasteiger partial charge on any atom is -0.476 e. The zero-order chi connectivity index (χ0) is 17.9. The molecule has 0 N–H and O–H groups in total. The first-order chi connectivity index (χ1) is 12.0. The molecule has 0 bridgehead atoms. The van der Waals surface area contributed by atoms with Gasteiger partial charge in [-0.05, 0) is 43.2 Å². The number of benzene rings is 1. The number of halogens is 2. The molecule has 1 fully saturated rings. The molecule has 0 radical (unpaired) electrons. The van der Waals surface area contributed by atoms with Crippen molar-refractivity contribution in [3.8, 4) is 5.88 Å². The van der Waals surface area contributed by atoms with Crippen LogP contribution in [-0.2, 0) is 10.0 Å². The second kappa shape index (κ2) is 7.68. The summed E-state index contributed by atoms with van der Waals surface area (Å²) in [6.45, 7) is 1.06. The third-order valence-corrected chi connectivity index (χ3v) is 6.24. The summed E-state index contributed by atoms with van der Waals surface area (Å²) in [5.41, 5.74) is 0. The Morgan fingerprint density at radius 3 is 2.92 bits per heavy atom. The fourth-order valence-corrected chi connectivity index (χ4v) is 4.59. The first-order valence-electron chi connectivity index (χ1n) is 7.96. The van der Waals surface area contributed by atoms with Crippen molar-refractivity contribution < 1.29 is 17.5 Å². The molecule has 0 spiro atoms. The first-order valence-corrected chi connectivity index (χ1v) is 9.77. The molecule has 0 amide bonds. The van der Waals surface area contributed by atoms with Crippen molar-refractivity contribution in [1.29, 1.82) is 0 Å². The number of sulfonamides is 1. The second-order valence-corrected chi connectivity index (χ2v) is 8.28. The van der Waals surface area contributed by atoms with Gasteiger partial charge in [0.1, 0.15) is 10.8 Å². The predicted molar refractivity (Wildman–Crippen MR) is 92.6 cm³/mol. The van der Waals surface area contributed by atoms with E-state index in [1.807, 2.05) is 0 Å². The van der Waals surface area contributed by atoms with Crippen LogP contribution < -0.4 is 4.74 Å². The van der Waals surface area contributed by atoms with Gasteiger partial charge in [-0.25, -0.2) is 17.8 Å². The van der Waals surface area contributed by atoms with Crippen LogP contribution in [0.1, 0.15) is 12.8 Å². The van der Waals surface area contributed by atoms with Gasteiger partial charge in [0, 0.05) is 25.2 Å². The highest BCUT2D eigenvalue weighted by molar-refractivity contribution is 7.89. The molecule has 1 saturated heterocycles. The zero-order valence-corrected chi connectivity index (χ0v) is 15.0. The maximum absolute atomic E-state index is 13.4. The Hall–Kier alpha value is -1.70. The van der Waals surface area contributed by atoms with Crippen LogP contribution in [0.25, 0.3) is 0 Å². The van der Waals surface area contributed by atoms with Crippen LogP contribution in [0, 0.1) is 11.7 Å². The second-order valence-electron chi connectivity index (χ2n) is 5.93. The van der Waals surface area contributed by atoms with Crippen molar-refractivity contribution in [1.82, 2.24) is 9.29 Å². The Morgan fingerprint density at radius 2 is 2.16 bits per heavy atom. The Labute approximate surface area is 151 Å². The van der Waals surface area contributed by atoms with E-state index >= 15 is 0 Å². The highest BCUT2D eigenvalue weighted by Gasteiger charge is 2.30. The molecule has 1 atom stereocenters. The van der Waals surface area contributed by atoms with Gasteiger partial charge in [-0.2, -0.15) is 4.31 Å². The zero-order valence-electron chi connectivity index (χ0n) is 13.4. The molecule has 1 unspecified atom stereocenters. The minimum absolute atomic E-state index is 0.0233. The van der Waals surface area contributed by atoms with Gasteiger partial charge in [0.05, 0.1) is 11.5 Å². The molecule has 0 aliphatic carbocycles. The van der Waals surface area contributed by atoms with Crippen molar-refractivity contribution in [3.05, 3.63) is 53.4 Å². The molecule has 1 aromatic heterocycles. The molecule has 0 saturated carbocycles. The van der Waals surface area contributed by atoms with Crippen LogP contribution in [0.15, 0.2) is 47.5 Å². The molecule has 25 heavy (non-hydrogen) atoms. The van der Waals surface area contributed by atoms with Crippen molar-refractivity contribution in [2.45, 2.75) is 17.7 Å². The van der Waals surface area contributed by atoms with Crippen LogP contribution in [0.5, 0.6) is 5.88 Å². The van der Waals surface area contributed by atoms with Gasteiger partial charge in [0.25, 0.3) is 0 Å². The van der Waals surface area contributed by atoms with E-state index in [1.54, 1.807) is 18.3 Å². The summed E-state index contributed by atoms with van der Waals surface area (Å²) in [5, 5.41) is 0.419. The van der Waals surface area contributed by atoms with E-state index in [2.05, 4.69) is 4.98 Å². The molecule has 134 valence electrons. The third-order valence-electron chi connectivity index (χ3n) is 4.10. The van der Waals surface area contributed by atoms with Crippen LogP contribution in [-0.4, -0.2) is 37.4 Å². The van der Waals surface area contributed by atoms with E-state index in [1.165, 1.54) is 22.5 Å². The molecule has 2 heterocycles. The summed E-state index contributed by atoms with van der Waals surface area (Å²) in [5.74, 6) is -0.202. The van der Waals surface area contributed by atoms with E-state index in [4.69, 9.17) is 16.3 Å². The average Bonchev–Trinajstić information content (AvgIpc) is 2.61. The summed E-state index contributed by atoms with van der Waals surface area (Å²) in [6, 6.07) is 8.47. The lowest BCUT2D eigenvalue weighted by Gasteiger charge is -2.31. The predicted octanol–water partition coefficient (Wildman–Crippen LogP) is 3.35. The van der Waals surface area contributed by atoms with Gasteiger partial charge in [-0.15, -0.1) is 0 Å². The van der Waals surface area contributed by atoms with Crippen molar-refractivity contribution in [3.63, 3.8) is 0 Å². The van der Waals surface area contributed by atoms with E-state index in [0.717, 1.165) is 18.9 Å². The SMILES string of the molecule is O=S(=O)(c1cccc(F)c1)N1CCCC(COc2ncccc2Cl)C1. The van der Waals surface area contributed by atoms with E-state index in [-0.39, 0.29) is 10.8 Å². The molecule has 5 nitrogen and oxygen atoms in total. The summed E-state index contributed by atoms with van der Waals surface area (Å²) in [7, 11) is -3.71. The van der Waals surface area contributed by atoms with E-state index in [0.29, 0.717) is 30.6 Å². The highest BCUT2D eigenvalue weighted by atomic mass is 35.5. The summed E-state index contributed by atoms with van der Waals surface area (Å²) < 4.78 is 45.8. The molecule has 3 rings (SSSR count). The average molecular weight is 385 g/mol. The number of nitrogens with zero attached hydrogens (tertiary/aromatic N) is 2. The standard InChI is InChI=1S/C17H18ClFN2O3S/c18-16-7-2-8-20-17(16)24-12-13-4-3-9-21(11-13)25(22,23)15-6-1-5-14(19)10-15/h1-2,5-8,10,13H,3-4,9,11-12H2. The lowest BCUT2D eigenvalue weighted by Crippen LogP contribution is -2.41. The molecule has 1 aromatic carbocycles. The largest absolute Gasteiger partial charge is 0.476 e. The van der Waals surface area contributed by atoms with Gasteiger partial charge in [-0.3, -0.25) is 0 Å². The number of pyridine rings is 1. The van der Waals surface area contributed by atoms with Gasteiger partial charge < -0.3 is 4.74 Å². The molecular formula is C17H18ClFN2O3S. The quantitative estimate of drug-likeness (QED) is 0.793. The summed E-state index contributed by atoms with van der Waals surface area (Å²) in [6.07, 6.45) is 3.15. The van der Waals surface area contributed by atoms with Crippen LogP contribution in [0.2, 0.25) is 5.02 Å². The summed E-state index contributed by atoms with van der Waals surface area (Å²) in [4.78, 5) is 4.03. The first kappa shape index (κ1) is 18.1. The number of piperidine rings is 1. The Bertz CT molecular complexity index is 847. The van der Waals surface area contributed by atoms with Crippen LogP contribution in [0.3, 0.4) is 0 Å².